The fraction of sp³-hybridized carbons (Fsp3) is 0.276. The summed E-state index contributed by atoms with van der Waals surface area (Å²) in [5.41, 5.74) is 5.39. The molecule has 0 saturated heterocycles. The van der Waals surface area contributed by atoms with Gasteiger partial charge in [0.05, 0.1) is 17.0 Å². The van der Waals surface area contributed by atoms with E-state index in [1.165, 1.54) is 12.0 Å². The summed E-state index contributed by atoms with van der Waals surface area (Å²) in [6.07, 6.45) is 24.3. The van der Waals surface area contributed by atoms with Crippen LogP contribution in [0.3, 0.4) is 0 Å². The number of benzene rings is 1. The third kappa shape index (κ3) is 2.91. The lowest BCUT2D eigenvalue weighted by atomic mass is 9.64. The monoisotopic (exact) mass is 418 g/mol. The molecule has 0 amide bonds. The number of aromatic nitrogens is 2. The second-order valence-electron chi connectivity index (χ2n) is 9.25. The molecular weight excluding hydrogens is 392 g/mol. The smallest absolute Gasteiger partial charge is 0.192 e. The van der Waals surface area contributed by atoms with Gasteiger partial charge in [-0.1, -0.05) is 98.2 Å². The Morgan fingerprint density at radius 2 is 1.34 bits per heavy atom. The normalized spacial score (nSPS) is 21.5. The summed E-state index contributed by atoms with van der Waals surface area (Å²) in [6, 6.07) is 10.7. The number of fused-ring (bicyclic) bond motifs is 1. The van der Waals surface area contributed by atoms with Gasteiger partial charge in [0.2, 0.25) is 0 Å². The predicted octanol–water partition coefficient (Wildman–Crippen LogP) is 6.38. The topological polar surface area (TPSA) is 42.9 Å². The first kappa shape index (κ1) is 19.4. The van der Waals surface area contributed by atoms with E-state index in [0.717, 1.165) is 53.8 Å². The highest BCUT2D eigenvalue weighted by Gasteiger charge is 2.45. The molecule has 1 saturated carbocycles. The summed E-state index contributed by atoms with van der Waals surface area (Å²) in [6.45, 7) is 0. The van der Waals surface area contributed by atoms with Crippen molar-refractivity contribution in [1.82, 2.24) is 10.2 Å². The van der Waals surface area contributed by atoms with Crippen molar-refractivity contribution in [2.45, 2.75) is 49.4 Å². The molecule has 0 unspecified atom stereocenters. The SMILES string of the molecule is O=C1C(C2(c3ccccc3)CCCCC2)=Cc2c(C3C=CC=C3)nnc(C3C=CC=C3)c21. The number of hydrogen-bond donors (Lipinski definition) is 0. The van der Waals surface area contributed by atoms with Gasteiger partial charge in [0.25, 0.3) is 0 Å². The van der Waals surface area contributed by atoms with Crippen molar-refractivity contribution < 1.29 is 4.79 Å². The molecule has 32 heavy (non-hydrogen) atoms. The van der Waals surface area contributed by atoms with Crippen LogP contribution >= 0.6 is 0 Å². The fourth-order valence-corrected chi connectivity index (χ4v) is 5.90. The van der Waals surface area contributed by atoms with E-state index < -0.39 is 0 Å². The highest BCUT2D eigenvalue weighted by molar-refractivity contribution is 6.20. The van der Waals surface area contributed by atoms with Crippen molar-refractivity contribution in [2.24, 2.45) is 0 Å². The molecule has 0 atom stereocenters. The number of ketones is 1. The van der Waals surface area contributed by atoms with E-state index in [0.29, 0.717) is 0 Å². The zero-order chi connectivity index (χ0) is 21.5. The maximum atomic E-state index is 14.2. The minimum atomic E-state index is -0.229. The Balaban J connectivity index is 1.55. The van der Waals surface area contributed by atoms with E-state index in [4.69, 9.17) is 0 Å². The molecule has 3 heteroatoms. The molecule has 1 aromatic carbocycles. The standard InChI is InChI=1S/C29H26N2O/c32-28-24(29(17-9-2-10-18-29)22-15-3-1-4-16-22)19-23-25(28)27(21-13-7-8-14-21)31-30-26(23)20-11-5-6-12-20/h1,3-8,11-16,19-21H,2,9-10,17-18H2. The lowest BCUT2D eigenvalue weighted by Crippen LogP contribution is -2.34. The van der Waals surface area contributed by atoms with Crippen molar-refractivity contribution in [3.8, 4) is 0 Å². The molecule has 0 aliphatic heterocycles. The van der Waals surface area contributed by atoms with Crippen molar-refractivity contribution in [1.29, 1.82) is 0 Å². The number of nitrogens with zero attached hydrogens (tertiary/aromatic N) is 2. The summed E-state index contributed by atoms with van der Waals surface area (Å²) >= 11 is 0. The average molecular weight is 419 g/mol. The molecule has 2 aromatic rings. The second kappa shape index (κ2) is 7.67. The number of carbonyl (C=O) groups is 1. The molecular formula is C29H26N2O. The van der Waals surface area contributed by atoms with E-state index in [2.05, 4.69) is 70.9 Å². The van der Waals surface area contributed by atoms with Crippen LogP contribution < -0.4 is 0 Å². The molecule has 4 aliphatic rings. The van der Waals surface area contributed by atoms with Gasteiger partial charge in [-0.25, -0.2) is 0 Å². The molecule has 6 rings (SSSR count). The lowest BCUT2D eigenvalue weighted by Gasteiger charge is -2.38. The molecule has 1 aromatic heterocycles. The largest absolute Gasteiger partial charge is 0.289 e. The van der Waals surface area contributed by atoms with Crippen LogP contribution in [0.25, 0.3) is 6.08 Å². The fourth-order valence-electron chi connectivity index (χ4n) is 5.90. The van der Waals surface area contributed by atoms with Crippen molar-refractivity contribution in [3.63, 3.8) is 0 Å². The maximum absolute atomic E-state index is 14.2. The van der Waals surface area contributed by atoms with Gasteiger partial charge in [0, 0.05) is 28.4 Å². The Bertz CT molecular complexity index is 1200. The number of carbonyl (C=O) groups excluding carboxylic acids is 1. The van der Waals surface area contributed by atoms with Crippen LogP contribution in [-0.4, -0.2) is 16.0 Å². The number of Topliss-reactive ketones (excluding diaryl/α,β-unsaturated/α-hetero) is 1. The minimum absolute atomic E-state index is 0.00990. The zero-order valence-electron chi connectivity index (χ0n) is 18.1. The molecule has 0 bridgehead atoms. The van der Waals surface area contributed by atoms with Gasteiger partial charge < -0.3 is 0 Å². The molecule has 3 nitrogen and oxygen atoms in total. The van der Waals surface area contributed by atoms with Crippen LogP contribution in [0.4, 0.5) is 0 Å². The first-order valence-corrected chi connectivity index (χ1v) is 11.7. The molecule has 1 fully saturated rings. The Morgan fingerprint density at radius 1 is 0.750 bits per heavy atom. The van der Waals surface area contributed by atoms with Crippen molar-refractivity contribution >= 4 is 11.9 Å². The predicted molar refractivity (Wildman–Crippen MR) is 128 cm³/mol. The Hall–Kier alpha value is -3.33. The lowest BCUT2D eigenvalue weighted by molar-refractivity contribution is 0.101. The van der Waals surface area contributed by atoms with Gasteiger partial charge in [-0.3, -0.25) is 4.79 Å². The maximum Gasteiger partial charge on any atom is 0.192 e. The quantitative estimate of drug-likeness (QED) is 0.579. The van der Waals surface area contributed by atoms with Crippen molar-refractivity contribution in [3.05, 3.63) is 113 Å². The summed E-state index contributed by atoms with van der Waals surface area (Å²) < 4.78 is 0. The Labute approximate surface area is 189 Å². The van der Waals surface area contributed by atoms with Crippen LogP contribution in [-0.2, 0) is 5.41 Å². The third-order valence-electron chi connectivity index (χ3n) is 7.50. The van der Waals surface area contributed by atoms with E-state index in [9.17, 15) is 4.79 Å². The molecule has 4 aliphatic carbocycles. The van der Waals surface area contributed by atoms with Crippen molar-refractivity contribution in [2.75, 3.05) is 0 Å². The highest BCUT2D eigenvalue weighted by atomic mass is 16.1. The van der Waals surface area contributed by atoms with Crippen LogP contribution in [0.2, 0.25) is 0 Å². The molecule has 0 radical (unpaired) electrons. The third-order valence-corrected chi connectivity index (χ3v) is 7.50. The van der Waals surface area contributed by atoms with Gasteiger partial charge in [0.15, 0.2) is 5.78 Å². The van der Waals surface area contributed by atoms with Crippen LogP contribution in [0.1, 0.15) is 76.8 Å². The van der Waals surface area contributed by atoms with Gasteiger partial charge in [0.1, 0.15) is 0 Å². The van der Waals surface area contributed by atoms with Gasteiger partial charge >= 0.3 is 0 Å². The Kier molecular flexibility index (Phi) is 4.64. The van der Waals surface area contributed by atoms with E-state index in [1.807, 2.05) is 24.3 Å². The summed E-state index contributed by atoms with van der Waals surface area (Å²) in [7, 11) is 0. The first-order chi connectivity index (χ1) is 15.8. The summed E-state index contributed by atoms with van der Waals surface area (Å²) in [5, 5.41) is 9.30. The molecule has 158 valence electrons. The summed E-state index contributed by atoms with van der Waals surface area (Å²) in [4.78, 5) is 14.2. The van der Waals surface area contributed by atoms with Crippen LogP contribution in [0.15, 0.2) is 84.5 Å². The first-order valence-electron chi connectivity index (χ1n) is 11.7. The summed E-state index contributed by atoms with van der Waals surface area (Å²) in [5.74, 6) is 0.231. The van der Waals surface area contributed by atoms with E-state index >= 15 is 0 Å². The number of rotatable bonds is 4. The van der Waals surface area contributed by atoms with Crippen LogP contribution in [0.5, 0.6) is 0 Å². The molecule has 0 N–H and O–H groups in total. The molecule has 0 spiro atoms. The number of allylic oxidation sites excluding steroid dienone is 9. The molecule has 1 heterocycles. The number of hydrogen-bond acceptors (Lipinski definition) is 3. The highest BCUT2D eigenvalue weighted by Crippen LogP contribution is 2.50. The Morgan fingerprint density at radius 3 is 2.00 bits per heavy atom. The van der Waals surface area contributed by atoms with Crippen LogP contribution in [0, 0.1) is 0 Å². The second-order valence-corrected chi connectivity index (χ2v) is 9.25. The average Bonchev–Trinajstić information content (AvgIpc) is 3.62. The van der Waals surface area contributed by atoms with E-state index in [-0.39, 0.29) is 23.0 Å². The van der Waals surface area contributed by atoms with Gasteiger partial charge in [-0.2, -0.15) is 10.2 Å². The van der Waals surface area contributed by atoms with Gasteiger partial charge in [-0.05, 0) is 24.5 Å². The zero-order valence-corrected chi connectivity index (χ0v) is 18.1. The van der Waals surface area contributed by atoms with Gasteiger partial charge in [-0.15, -0.1) is 0 Å². The van der Waals surface area contributed by atoms with E-state index in [1.54, 1.807) is 0 Å². The minimum Gasteiger partial charge on any atom is -0.289 e.